The van der Waals surface area contributed by atoms with E-state index in [0.717, 1.165) is 11.1 Å². The third-order valence-corrected chi connectivity index (χ3v) is 4.29. The van der Waals surface area contributed by atoms with E-state index >= 15 is 0 Å². The zero-order valence-electron chi connectivity index (χ0n) is 17.3. The topological polar surface area (TPSA) is 74.6 Å². The van der Waals surface area contributed by atoms with Crippen LogP contribution in [0.5, 0.6) is 5.75 Å². The maximum Gasteiger partial charge on any atom is 0.573 e. The molecule has 0 amide bonds. The fraction of sp³-hybridized carbons (Fsp3) is 0.261. The van der Waals surface area contributed by atoms with Gasteiger partial charge in [0.1, 0.15) is 11.9 Å². The van der Waals surface area contributed by atoms with Gasteiger partial charge in [-0.3, -0.25) is 4.98 Å². The van der Waals surface area contributed by atoms with Crippen molar-refractivity contribution >= 4 is 10.9 Å². The molecule has 3 aromatic rings. The lowest BCUT2D eigenvalue weighted by Crippen LogP contribution is -2.17. The summed E-state index contributed by atoms with van der Waals surface area (Å²) in [7, 11) is 1.75. The van der Waals surface area contributed by atoms with Crippen LogP contribution in [-0.4, -0.2) is 35.2 Å². The van der Waals surface area contributed by atoms with Crippen LogP contribution in [0.2, 0.25) is 0 Å². The molecule has 8 heteroatoms. The van der Waals surface area contributed by atoms with Crippen LogP contribution in [0.15, 0.2) is 61.3 Å². The van der Waals surface area contributed by atoms with Gasteiger partial charge in [0.05, 0.1) is 12.1 Å². The maximum atomic E-state index is 12.4. The van der Waals surface area contributed by atoms with Crippen molar-refractivity contribution in [3.63, 3.8) is 0 Å². The van der Waals surface area contributed by atoms with E-state index in [4.69, 9.17) is 0 Å². The van der Waals surface area contributed by atoms with E-state index in [0.29, 0.717) is 28.6 Å². The summed E-state index contributed by atoms with van der Waals surface area (Å²) >= 11 is 0. The highest BCUT2D eigenvalue weighted by Crippen LogP contribution is 2.36. The van der Waals surface area contributed by atoms with Crippen LogP contribution in [-0.2, 0) is 6.54 Å². The number of pyridine rings is 1. The smallest absolute Gasteiger partial charge is 0.406 e. The summed E-state index contributed by atoms with van der Waals surface area (Å²) in [4.78, 5) is 4.37. The highest BCUT2D eigenvalue weighted by molar-refractivity contribution is 5.97. The van der Waals surface area contributed by atoms with Gasteiger partial charge in [-0.15, -0.1) is 19.8 Å². The first-order valence-corrected chi connectivity index (χ1v) is 9.53. The SMILES string of the molecule is C=CC.CNCc1cc(-c2ccc(OC(F)(F)F)cc2)c2cccnc2c1C(O)CO. The molecular formula is C23H25F3N2O3. The molecule has 0 aliphatic heterocycles. The molecule has 0 radical (unpaired) electrons. The summed E-state index contributed by atoms with van der Waals surface area (Å²) in [5, 5.41) is 23.5. The number of aliphatic hydroxyl groups is 2. The second-order valence-corrected chi connectivity index (χ2v) is 6.61. The number of allylic oxidation sites excluding steroid dienone is 1. The van der Waals surface area contributed by atoms with Crippen LogP contribution in [0.25, 0.3) is 22.0 Å². The van der Waals surface area contributed by atoms with Gasteiger partial charge in [-0.1, -0.05) is 24.3 Å². The fourth-order valence-electron chi connectivity index (χ4n) is 3.19. The number of alkyl halides is 3. The molecule has 5 nitrogen and oxygen atoms in total. The molecule has 0 aliphatic rings. The van der Waals surface area contributed by atoms with Crippen molar-refractivity contribution in [2.75, 3.05) is 13.7 Å². The van der Waals surface area contributed by atoms with Gasteiger partial charge in [-0.25, -0.2) is 0 Å². The minimum absolute atomic E-state index is 0.304. The van der Waals surface area contributed by atoms with E-state index in [1.807, 2.05) is 19.1 Å². The summed E-state index contributed by atoms with van der Waals surface area (Å²) in [5.41, 5.74) is 3.22. The largest absolute Gasteiger partial charge is 0.573 e. The average molecular weight is 434 g/mol. The van der Waals surface area contributed by atoms with E-state index in [9.17, 15) is 23.4 Å². The van der Waals surface area contributed by atoms with Crippen LogP contribution in [0.4, 0.5) is 13.2 Å². The Labute approximate surface area is 178 Å². The Kier molecular flexibility index (Phi) is 8.56. The number of aliphatic hydroxyl groups excluding tert-OH is 2. The van der Waals surface area contributed by atoms with Gasteiger partial charge < -0.3 is 20.3 Å². The number of aromatic nitrogens is 1. The third kappa shape index (κ3) is 6.27. The number of nitrogens with zero attached hydrogens (tertiary/aromatic N) is 1. The zero-order chi connectivity index (χ0) is 23.0. The van der Waals surface area contributed by atoms with Crippen molar-refractivity contribution in [2.45, 2.75) is 25.9 Å². The zero-order valence-corrected chi connectivity index (χ0v) is 17.3. The number of hydrogen-bond acceptors (Lipinski definition) is 5. The normalized spacial score (nSPS) is 12.1. The van der Waals surface area contributed by atoms with Gasteiger partial charge in [0.25, 0.3) is 0 Å². The molecular weight excluding hydrogens is 409 g/mol. The Morgan fingerprint density at radius 2 is 1.87 bits per heavy atom. The Morgan fingerprint density at radius 3 is 2.42 bits per heavy atom. The molecule has 3 rings (SSSR count). The monoisotopic (exact) mass is 434 g/mol. The van der Waals surface area contributed by atoms with Gasteiger partial charge in [-0.05, 0) is 54.9 Å². The lowest BCUT2D eigenvalue weighted by atomic mass is 9.91. The van der Waals surface area contributed by atoms with Gasteiger partial charge in [0.2, 0.25) is 0 Å². The van der Waals surface area contributed by atoms with Crippen LogP contribution in [0.3, 0.4) is 0 Å². The van der Waals surface area contributed by atoms with Gasteiger partial charge in [0.15, 0.2) is 0 Å². The molecule has 31 heavy (non-hydrogen) atoms. The molecule has 1 atom stereocenters. The van der Waals surface area contributed by atoms with Crippen molar-refractivity contribution in [1.82, 2.24) is 10.3 Å². The summed E-state index contributed by atoms with van der Waals surface area (Å²) in [5.74, 6) is -0.304. The number of benzene rings is 2. The Balaban J connectivity index is 0.00000107. The van der Waals surface area contributed by atoms with Crippen LogP contribution in [0.1, 0.15) is 24.2 Å². The van der Waals surface area contributed by atoms with E-state index in [1.54, 1.807) is 25.4 Å². The minimum atomic E-state index is -4.75. The number of ether oxygens (including phenoxy) is 1. The van der Waals surface area contributed by atoms with E-state index in [2.05, 4.69) is 21.6 Å². The molecule has 1 unspecified atom stereocenters. The van der Waals surface area contributed by atoms with Crippen molar-refractivity contribution in [3.8, 4) is 16.9 Å². The Morgan fingerprint density at radius 1 is 1.23 bits per heavy atom. The van der Waals surface area contributed by atoms with Gasteiger partial charge in [-0.2, -0.15) is 0 Å². The maximum absolute atomic E-state index is 12.4. The third-order valence-electron chi connectivity index (χ3n) is 4.29. The highest BCUT2D eigenvalue weighted by Gasteiger charge is 2.31. The lowest BCUT2D eigenvalue weighted by molar-refractivity contribution is -0.274. The van der Waals surface area contributed by atoms with Gasteiger partial charge >= 0.3 is 6.36 Å². The number of fused-ring (bicyclic) bond motifs is 1. The molecule has 2 aromatic carbocycles. The predicted molar refractivity (Wildman–Crippen MR) is 115 cm³/mol. The summed E-state index contributed by atoms with van der Waals surface area (Å²) < 4.78 is 41.1. The highest BCUT2D eigenvalue weighted by atomic mass is 19.4. The standard InChI is InChI=1S/C20H19F3N2O3.C3H6/c1-24-10-13-9-16(12-4-6-14(7-5-12)28-20(21,22)23)15-3-2-8-25-19(15)18(13)17(27)11-26;1-3-2/h2-9,17,24,26-27H,10-11H2,1H3;3H,1H2,2H3. The summed E-state index contributed by atoms with van der Waals surface area (Å²) in [6.45, 7) is 5.21. The van der Waals surface area contributed by atoms with Crippen LogP contribution in [0, 0.1) is 0 Å². The molecule has 3 N–H and O–H groups in total. The molecule has 0 fully saturated rings. The molecule has 1 heterocycles. The molecule has 0 saturated heterocycles. The van der Waals surface area contributed by atoms with Crippen LogP contribution < -0.4 is 10.1 Å². The van der Waals surface area contributed by atoms with Crippen molar-refractivity contribution in [2.24, 2.45) is 0 Å². The second-order valence-electron chi connectivity index (χ2n) is 6.61. The minimum Gasteiger partial charge on any atom is -0.406 e. The first kappa shape index (κ1) is 24.3. The van der Waals surface area contributed by atoms with E-state index in [-0.39, 0.29) is 5.75 Å². The fourth-order valence-corrected chi connectivity index (χ4v) is 3.19. The molecule has 166 valence electrons. The predicted octanol–water partition coefficient (Wildman–Crippen LogP) is 4.74. The number of hydrogen-bond donors (Lipinski definition) is 3. The average Bonchev–Trinajstić information content (AvgIpc) is 2.73. The molecule has 0 aliphatic carbocycles. The van der Waals surface area contributed by atoms with E-state index < -0.39 is 19.1 Å². The molecule has 1 aromatic heterocycles. The second kappa shape index (κ2) is 10.9. The Hall–Kier alpha value is -2.94. The first-order valence-electron chi connectivity index (χ1n) is 9.53. The van der Waals surface area contributed by atoms with Crippen LogP contribution >= 0.6 is 0 Å². The number of halogens is 3. The van der Waals surface area contributed by atoms with Crippen molar-refractivity contribution < 1.29 is 28.1 Å². The first-order chi connectivity index (χ1) is 14.8. The molecule has 0 saturated carbocycles. The lowest BCUT2D eigenvalue weighted by Gasteiger charge is -2.19. The molecule has 0 spiro atoms. The Bertz CT molecular complexity index is 1010. The summed E-state index contributed by atoms with van der Waals surface area (Å²) in [6, 6.07) is 11.0. The molecule has 0 bridgehead atoms. The van der Waals surface area contributed by atoms with E-state index in [1.165, 1.54) is 24.3 Å². The van der Waals surface area contributed by atoms with Crippen molar-refractivity contribution in [3.05, 3.63) is 72.4 Å². The number of rotatable bonds is 6. The quantitative estimate of drug-likeness (QED) is 0.489. The summed E-state index contributed by atoms with van der Waals surface area (Å²) in [6.07, 6.45) is -2.51. The number of nitrogens with one attached hydrogen (secondary N) is 1. The van der Waals surface area contributed by atoms with Crippen molar-refractivity contribution in [1.29, 1.82) is 0 Å². The van der Waals surface area contributed by atoms with Gasteiger partial charge in [0, 0.05) is 23.7 Å².